The normalized spacial score (nSPS) is 13.6. The molecule has 3 N–H and O–H groups in total. The standard InChI is InChI=1S/C21H27N5.C3H6.C2H6.C2H4/c1-13-6-5-7-16-12-17(23-18(13)16)19-20(14(2)22)26(4)21(24-19)15-8-10-25(3)11-9-15;1-3-2;2*1-2/h5-7,12,15,23H,2,8-11,22H2,1,3-4H3;3H,1H2,2H3;1-2H3;1-2H2. The summed E-state index contributed by atoms with van der Waals surface area (Å²) in [4.78, 5) is 11.0. The Bertz CT molecular complexity index is 1030. The maximum Gasteiger partial charge on any atom is 0.114 e. The second-order valence-electron chi connectivity index (χ2n) is 7.96. The summed E-state index contributed by atoms with van der Waals surface area (Å²) in [5.41, 5.74) is 11.9. The number of para-hydroxylation sites is 1. The molecule has 1 aliphatic rings. The number of aryl methyl sites for hydroxylation is 1. The van der Waals surface area contributed by atoms with E-state index in [1.165, 1.54) is 10.9 Å². The van der Waals surface area contributed by atoms with E-state index in [4.69, 9.17) is 10.7 Å². The minimum absolute atomic E-state index is 0.467. The third-order valence-corrected chi connectivity index (χ3v) is 5.64. The summed E-state index contributed by atoms with van der Waals surface area (Å²) in [5.74, 6) is 1.58. The quantitative estimate of drug-likeness (QED) is 0.441. The Labute approximate surface area is 200 Å². The fraction of sp³-hybridized carbons (Fsp3) is 0.393. The lowest BCUT2D eigenvalue weighted by Gasteiger charge is -2.28. The molecule has 2 aromatic heterocycles. The SMILES string of the molecule is C=C.C=C(N)c1c(-c2cc3cccc(C)c3[nH]2)nc(C2CCN(C)CC2)n1C.C=CC.CC. The number of piperidine rings is 1. The number of allylic oxidation sites excluding steroid dienone is 1. The van der Waals surface area contributed by atoms with E-state index in [1.807, 2.05) is 20.8 Å². The van der Waals surface area contributed by atoms with Gasteiger partial charge in [-0.25, -0.2) is 4.98 Å². The fourth-order valence-electron chi connectivity index (χ4n) is 4.14. The van der Waals surface area contributed by atoms with Crippen molar-refractivity contribution in [2.24, 2.45) is 12.8 Å². The summed E-state index contributed by atoms with van der Waals surface area (Å²) in [7, 11) is 4.24. The number of hydrogen-bond acceptors (Lipinski definition) is 3. The summed E-state index contributed by atoms with van der Waals surface area (Å²) in [6.07, 6.45) is 4.01. The summed E-state index contributed by atoms with van der Waals surface area (Å²) in [6, 6.07) is 8.49. The van der Waals surface area contributed by atoms with Crippen LogP contribution in [-0.4, -0.2) is 39.6 Å². The Morgan fingerprint density at radius 1 is 1.18 bits per heavy atom. The molecular weight excluding hydrogens is 406 g/mol. The van der Waals surface area contributed by atoms with E-state index >= 15 is 0 Å². The van der Waals surface area contributed by atoms with Crippen molar-refractivity contribution in [1.82, 2.24) is 19.4 Å². The highest BCUT2D eigenvalue weighted by molar-refractivity contribution is 5.89. The third-order valence-electron chi connectivity index (χ3n) is 5.64. The molecule has 0 spiro atoms. The zero-order valence-corrected chi connectivity index (χ0v) is 21.5. The van der Waals surface area contributed by atoms with Crippen LogP contribution < -0.4 is 5.73 Å². The number of hydrogen-bond donors (Lipinski definition) is 2. The lowest BCUT2D eigenvalue weighted by Crippen LogP contribution is -2.30. The molecule has 0 aliphatic carbocycles. The first kappa shape index (κ1) is 28.0. The molecule has 0 amide bonds. The van der Waals surface area contributed by atoms with Crippen LogP contribution in [0.15, 0.2) is 56.7 Å². The number of H-pyrrole nitrogens is 1. The van der Waals surface area contributed by atoms with E-state index in [9.17, 15) is 0 Å². The topological polar surface area (TPSA) is 62.9 Å². The fourth-order valence-corrected chi connectivity index (χ4v) is 4.14. The number of aromatic amines is 1. The molecule has 5 nitrogen and oxygen atoms in total. The average molecular weight is 450 g/mol. The Morgan fingerprint density at radius 2 is 1.76 bits per heavy atom. The van der Waals surface area contributed by atoms with Crippen LogP contribution in [0, 0.1) is 6.92 Å². The highest BCUT2D eigenvalue weighted by Crippen LogP contribution is 2.34. The Kier molecular flexibility index (Phi) is 11.4. The molecule has 180 valence electrons. The molecule has 1 fully saturated rings. The third kappa shape index (κ3) is 6.48. The van der Waals surface area contributed by atoms with Crippen LogP contribution in [0.3, 0.4) is 0 Å². The van der Waals surface area contributed by atoms with Crippen molar-refractivity contribution in [2.75, 3.05) is 20.1 Å². The van der Waals surface area contributed by atoms with Crippen molar-refractivity contribution in [3.05, 3.63) is 73.7 Å². The molecule has 3 aromatic rings. The van der Waals surface area contributed by atoms with Crippen LogP contribution in [-0.2, 0) is 7.05 Å². The molecule has 0 atom stereocenters. The van der Waals surface area contributed by atoms with Crippen LogP contribution in [0.4, 0.5) is 0 Å². The number of rotatable bonds is 3. The van der Waals surface area contributed by atoms with Crippen molar-refractivity contribution < 1.29 is 0 Å². The number of aromatic nitrogens is 3. The lowest BCUT2D eigenvalue weighted by molar-refractivity contribution is 0.249. The van der Waals surface area contributed by atoms with Gasteiger partial charge in [-0.3, -0.25) is 0 Å². The second-order valence-corrected chi connectivity index (χ2v) is 7.96. The summed E-state index contributed by atoms with van der Waals surface area (Å²) in [6.45, 7) is 23.6. The minimum Gasteiger partial charge on any atom is -0.397 e. The van der Waals surface area contributed by atoms with Crippen LogP contribution in [0.25, 0.3) is 28.0 Å². The molecule has 5 heteroatoms. The number of fused-ring (bicyclic) bond motifs is 1. The molecule has 3 heterocycles. The zero-order chi connectivity index (χ0) is 25.1. The van der Waals surface area contributed by atoms with E-state index in [1.54, 1.807) is 6.08 Å². The van der Waals surface area contributed by atoms with Gasteiger partial charge in [0, 0.05) is 23.9 Å². The van der Waals surface area contributed by atoms with Gasteiger partial charge in [0.05, 0.1) is 17.1 Å². The largest absolute Gasteiger partial charge is 0.397 e. The van der Waals surface area contributed by atoms with Crippen LogP contribution >= 0.6 is 0 Å². The first-order chi connectivity index (χ1) is 15.9. The summed E-state index contributed by atoms with van der Waals surface area (Å²) < 4.78 is 2.14. The Morgan fingerprint density at radius 3 is 2.27 bits per heavy atom. The maximum atomic E-state index is 6.16. The van der Waals surface area contributed by atoms with Gasteiger partial charge in [-0.1, -0.05) is 44.7 Å². The molecule has 1 saturated heterocycles. The first-order valence-electron chi connectivity index (χ1n) is 11.7. The molecule has 0 unspecified atom stereocenters. The van der Waals surface area contributed by atoms with Gasteiger partial charge in [0.15, 0.2) is 0 Å². The van der Waals surface area contributed by atoms with E-state index < -0.39 is 0 Å². The van der Waals surface area contributed by atoms with Crippen molar-refractivity contribution in [3.63, 3.8) is 0 Å². The van der Waals surface area contributed by atoms with Crippen molar-refractivity contribution in [1.29, 1.82) is 0 Å². The van der Waals surface area contributed by atoms with Crippen LogP contribution in [0.1, 0.15) is 56.6 Å². The van der Waals surface area contributed by atoms with E-state index in [0.717, 1.165) is 54.4 Å². The number of nitrogens with zero attached hydrogens (tertiary/aromatic N) is 3. The monoisotopic (exact) mass is 449 g/mol. The minimum atomic E-state index is 0.467. The van der Waals surface area contributed by atoms with E-state index in [-0.39, 0.29) is 0 Å². The molecule has 0 radical (unpaired) electrons. The molecule has 0 bridgehead atoms. The summed E-state index contributed by atoms with van der Waals surface area (Å²) in [5, 5.41) is 1.19. The Balaban J connectivity index is 0.000000705. The molecular formula is C28H43N5. The Hall–Kier alpha value is -3.05. The van der Waals surface area contributed by atoms with Gasteiger partial charge in [0.1, 0.15) is 11.5 Å². The highest BCUT2D eigenvalue weighted by Gasteiger charge is 2.26. The van der Waals surface area contributed by atoms with E-state index in [0.29, 0.717) is 11.6 Å². The number of benzene rings is 1. The number of imidazole rings is 1. The summed E-state index contributed by atoms with van der Waals surface area (Å²) >= 11 is 0. The number of nitrogens with one attached hydrogen (secondary N) is 1. The number of likely N-dealkylation sites (tertiary alicyclic amines) is 1. The van der Waals surface area contributed by atoms with Gasteiger partial charge in [0.25, 0.3) is 0 Å². The van der Waals surface area contributed by atoms with Crippen molar-refractivity contribution in [2.45, 2.75) is 46.5 Å². The van der Waals surface area contributed by atoms with Crippen LogP contribution in [0.5, 0.6) is 0 Å². The van der Waals surface area contributed by atoms with E-state index in [2.05, 4.69) is 86.1 Å². The maximum absolute atomic E-state index is 6.16. The van der Waals surface area contributed by atoms with Gasteiger partial charge < -0.3 is 20.2 Å². The van der Waals surface area contributed by atoms with Gasteiger partial charge in [-0.2, -0.15) is 0 Å². The van der Waals surface area contributed by atoms with Gasteiger partial charge in [0.2, 0.25) is 0 Å². The van der Waals surface area contributed by atoms with Gasteiger partial charge in [-0.05, 0) is 58.5 Å². The second kappa shape index (κ2) is 13.5. The van der Waals surface area contributed by atoms with Crippen molar-refractivity contribution >= 4 is 16.6 Å². The average Bonchev–Trinajstić information content (AvgIpc) is 3.40. The molecule has 1 aromatic carbocycles. The number of nitrogens with two attached hydrogens (primary N) is 1. The first-order valence-corrected chi connectivity index (χ1v) is 11.7. The van der Waals surface area contributed by atoms with Crippen LogP contribution in [0.2, 0.25) is 0 Å². The predicted octanol–water partition coefficient (Wildman–Crippen LogP) is 6.64. The molecule has 0 saturated carbocycles. The highest BCUT2D eigenvalue weighted by atomic mass is 15.1. The molecule has 4 rings (SSSR count). The van der Waals surface area contributed by atoms with Crippen molar-refractivity contribution in [3.8, 4) is 11.4 Å². The van der Waals surface area contributed by atoms with Gasteiger partial charge >= 0.3 is 0 Å². The molecule has 1 aliphatic heterocycles. The molecule has 33 heavy (non-hydrogen) atoms. The zero-order valence-electron chi connectivity index (χ0n) is 21.5. The smallest absolute Gasteiger partial charge is 0.114 e. The predicted molar refractivity (Wildman–Crippen MR) is 146 cm³/mol. The lowest BCUT2D eigenvalue weighted by atomic mass is 9.96. The van der Waals surface area contributed by atoms with Gasteiger partial charge in [-0.15, -0.1) is 19.7 Å².